The van der Waals surface area contributed by atoms with E-state index in [1.165, 1.54) is 0 Å². The van der Waals surface area contributed by atoms with Crippen molar-refractivity contribution in [2.24, 2.45) is 0 Å². The SMILES string of the molecule is O=C(Nc1ccccc1OC[C@H]1CCCO1)c1ccc(Cl)cc1. The van der Waals surface area contributed by atoms with E-state index in [1.54, 1.807) is 24.3 Å². The second-order valence-corrected chi connectivity index (χ2v) is 5.84. The molecule has 0 unspecified atom stereocenters. The zero-order valence-electron chi connectivity index (χ0n) is 12.6. The van der Waals surface area contributed by atoms with Gasteiger partial charge in [-0.3, -0.25) is 4.79 Å². The number of amides is 1. The molecule has 3 rings (SSSR count). The highest BCUT2D eigenvalue weighted by molar-refractivity contribution is 6.30. The molecule has 0 spiro atoms. The molecule has 1 aliphatic rings. The van der Waals surface area contributed by atoms with Gasteiger partial charge >= 0.3 is 0 Å². The normalized spacial score (nSPS) is 17.0. The molecule has 2 aromatic rings. The quantitative estimate of drug-likeness (QED) is 0.895. The number of ether oxygens (including phenoxy) is 2. The Balaban J connectivity index is 1.67. The van der Waals surface area contributed by atoms with Gasteiger partial charge in [-0.25, -0.2) is 0 Å². The fourth-order valence-corrected chi connectivity index (χ4v) is 2.58. The molecule has 2 aromatic carbocycles. The molecule has 0 bridgehead atoms. The van der Waals surface area contributed by atoms with Crippen LogP contribution in [0.25, 0.3) is 0 Å². The number of hydrogen-bond acceptors (Lipinski definition) is 3. The zero-order valence-corrected chi connectivity index (χ0v) is 13.4. The van der Waals surface area contributed by atoms with Crippen LogP contribution in [0.4, 0.5) is 5.69 Å². The average molecular weight is 332 g/mol. The van der Waals surface area contributed by atoms with Crippen molar-refractivity contribution in [3.8, 4) is 5.75 Å². The van der Waals surface area contributed by atoms with Crippen LogP contribution in [-0.4, -0.2) is 25.2 Å². The molecule has 1 saturated heterocycles. The Bertz CT molecular complexity index is 666. The molecule has 23 heavy (non-hydrogen) atoms. The van der Waals surface area contributed by atoms with E-state index in [-0.39, 0.29) is 12.0 Å². The second-order valence-electron chi connectivity index (χ2n) is 5.40. The highest BCUT2D eigenvalue weighted by Crippen LogP contribution is 2.25. The summed E-state index contributed by atoms with van der Waals surface area (Å²) in [6.45, 7) is 1.29. The van der Waals surface area contributed by atoms with Crippen molar-refractivity contribution in [2.75, 3.05) is 18.5 Å². The van der Waals surface area contributed by atoms with Crippen molar-refractivity contribution < 1.29 is 14.3 Å². The van der Waals surface area contributed by atoms with E-state index in [1.807, 2.05) is 24.3 Å². The van der Waals surface area contributed by atoms with E-state index in [0.717, 1.165) is 19.4 Å². The Morgan fingerprint density at radius 1 is 1.22 bits per heavy atom. The van der Waals surface area contributed by atoms with Gasteiger partial charge in [0, 0.05) is 17.2 Å². The van der Waals surface area contributed by atoms with Gasteiger partial charge in [-0.1, -0.05) is 23.7 Å². The Morgan fingerprint density at radius 2 is 2.00 bits per heavy atom. The van der Waals surface area contributed by atoms with Crippen molar-refractivity contribution in [3.63, 3.8) is 0 Å². The van der Waals surface area contributed by atoms with Crippen LogP contribution in [0.15, 0.2) is 48.5 Å². The van der Waals surface area contributed by atoms with Crippen LogP contribution in [0.5, 0.6) is 5.75 Å². The van der Waals surface area contributed by atoms with Gasteiger partial charge in [0.05, 0.1) is 11.8 Å². The van der Waals surface area contributed by atoms with E-state index in [2.05, 4.69) is 5.32 Å². The molecular weight excluding hydrogens is 314 g/mol. The number of rotatable bonds is 5. The van der Waals surface area contributed by atoms with Gasteiger partial charge in [0.25, 0.3) is 5.91 Å². The molecule has 1 atom stereocenters. The third kappa shape index (κ3) is 4.24. The molecule has 0 aromatic heterocycles. The first-order chi connectivity index (χ1) is 11.2. The molecule has 1 heterocycles. The van der Waals surface area contributed by atoms with E-state index >= 15 is 0 Å². The maximum atomic E-state index is 12.3. The molecule has 0 saturated carbocycles. The molecule has 1 N–H and O–H groups in total. The zero-order chi connectivity index (χ0) is 16.1. The lowest BCUT2D eigenvalue weighted by Gasteiger charge is -2.15. The van der Waals surface area contributed by atoms with Gasteiger partial charge in [0.1, 0.15) is 12.4 Å². The molecular formula is C18H18ClNO3. The fraction of sp³-hybridized carbons (Fsp3) is 0.278. The number of anilines is 1. The van der Waals surface area contributed by atoms with Crippen LogP contribution in [0, 0.1) is 0 Å². The third-order valence-electron chi connectivity index (χ3n) is 3.69. The lowest BCUT2D eigenvalue weighted by atomic mass is 10.2. The van der Waals surface area contributed by atoms with Crippen LogP contribution < -0.4 is 10.1 Å². The topological polar surface area (TPSA) is 47.6 Å². The smallest absolute Gasteiger partial charge is 0.255 e. The van der Waals surface area contributed by atoms with Crippen molar-refractivity contribution in [1.82, 2.24) is 0 Å². The third-order valence-corrected chi connectivity index (χ3v) is 3.94. The van der Waals surface area contributed by atoms with Gasteiger partial charge in [-0.05, 0) is 49.2 Å². The number of hydrogen-bond donors (Lipinski definition) is 1. The Kier molecular flexibility index (Phi) is 5.16. The number of benzene rings is 2. The fourth-order valence-electron chi connectivity index (χ4n) is 2.45. The maximum absolute atomic E-state index is 12.3. The van der Waals surface area contributed by atoms with Crippen molar-refractivity contribution in [2.45, 2.75) is 18.9 Å². The monoisotopic (exact) mass is 331 g/mol. The van der Waals surface area contributed by atoms with Crippen LogP contribution in [0.1, 0.15) is 23.2 Å². The van der Waals surface area contributed by atoms with E-state index in [9.17, 15) is 4.79 Å². The van der Waals surface area contributed by atoms with Crippen molar-refractivity contribution in [1.29, 1.82) is 0 Å². The summed E-state index contributed by atoms with van der Waals surface area (Å²) in [5, 5.41) is 3.47. The van der Waals surface area contributed by atoms with Gasteiger partial charge < -0.3 is 14.8 Å². The Hall–Kier alpha value is -2.04. The number of carbonyl (C=O) groups is 1. The predicted octanol–water partition coefficient (Wildman–Crippen LogP) is 4.15. The molecule has 120 valence electrons. The van der Waals surface area contributed by atoms with Crippen LogP contribution in [-0.2, 0) is 4.74 Å². The highest BCUT2D eigenvalue weighted by Gasteiger charge is 2.17. The minimum atomic E-state index is -0.199. The summed E-state index contributed by atoms with van der Waals surface area (Å²) >= 11 is 5.84. The average Bonchev–Trinajstić information content (AvgIpc) is 3.08. The second kappa shape index (κ2) is 7.49. The summed E-state index contributed by atoms with van der Waals surface area (Å²) < 4.78 is 11.4. The first kappa shape index (κ1) is 15.8. The standard InChI is InChI=1S/C18H18ClNO3/c19-14-9-7-13(8-10-14)18(21)20-16-5-1-2-6-17(16)23-12-15-4-3-11-22-15/h1-2,5-10,15H,3-4,11-12H2,(H,20,21)/t15-/m1/s1. The largest absolute Gasteiger partial charge is 0.489 e. The molecule has 4 nitrogen and oxygen atoms in total. The minimum absolute atomic E-state index is 0.134. The van der Waals surface area contributed by atoms with E-state index in [0.29, 0.717) is 28.6 Å². The van der Waals surface area contributed by atoms with Gasteiger partial charge in [0.15, 0.2) is 0 Å². The molecule has 1 aliphatic heterocycles. The summed E-state index contributed by atoms with van der Waals surface area (Å²) in [7, 11) is 0. The van der Waals surface area contributed by atoms with Crippen LogP contribution >= 0.6 is 11.6 Å². The van der Waals surface area contributed by atoms with Gasteiger partial charge in [0.2, 0.25) is 0 Å². The summed E-state index contributed by atoms with van der Waals surface area (Å²) in [6, 6.07) is 14.2. The molecule has 1 amide bonds. The molecule has 0 radical (unpaired) electrons. The Labute approximate surface area is 140 Å². The molecule has 0 aliphatic carbocycles. The van der Waals surface area contributed by atoms with E-state index < -0.39 is 0 Å². The highest BCUT2D eigenvalue weighted by atomic mass is 35.5. The molecule has 1 fully saturated rings. The van der Waals surface area contributed by atoms with Crippen LogP contribution in [0.3, 0.4) is 0 Å². The predicted molar refractivity (Wildman–Crippen MR) is 90.3 cm³/mol. The molecule has 5 heteroatoms. The van der Waals surface area contributed by atoms with Gasteiger partial charge in [-0.15, -0.1) is 0 Å². The maximum Gasteiger partial charge on any atom is 0.255 e. The van der Waals surface area contributed by atoms with Gasteiger partial charge in [-0.2, -0.15) is 0 Å². The first-order valence-electron chi connectivity index (χ1n) is 7.63. The summed E-state index contributed by atoms with van der Waals surface area (Å²) in [6.07, 6.45) is 2.22. The summed E-state index contributed by atoms with van der Waals surface area (Å²) in [5.41, 5.74) is 1.19. The summed E-state index contributed by atoms with van der Waals surface area (Å²) in [4.78, 5) is 12.3. The van der Waals surface area contributed by atoms with Crippen molar-refractivity contribution >= 4 is 23.2 Å². The number of halogens is 1. The minimum Gasteiger partial charge on any atom is -0.489 e. The van der Waals surface area contributed by atoms with Crippen LogP contribution in [0.2, 0.25) is 5.02 Å². The number of carbonyl (C=O) groups excluding carboxylic acids is 1. The number of nitrogens with one attached hydrogen (secondary N) is 1. The first-order valence-corrected chi connectivity index (χ1v) is 8.00. The lowest BCUT2D eigenvalue weighted by molar-refractivity contribution is 0.0682. The number of para-hydroxylation sites is 2. The van der Waals surface area contributed by atoms with E-state index in [4.69, 9.17) is 21.1 Å². The summed E-state index contributed by atoms with van der Waals surface area (Å²) in [5.74, 6) is 0.445. The Morgan fingerprint density at radius 3 is 2.74 bits per heavy atom. The lowest BCUT2D eigenvalue weighted by Crippen LogP contribution is -2.18. The van der Waals surface area contributed by atoms with Crippen molar-refractivity contribution in [3.05, 3.63) is 59.1 Å².